The number of fused-ring (bicyclic) bond motifs is 3. The van der Waals surface area contributed by atoms with Gasteiger partial charge >= 0.3 is 6.03 Å². The molecule has 1 N–H and O–H groups in total. The summed E-state index contributed by atoms with van der Waals surface area (Å²) in [5.74, 6) is 0.635. The van der Waals surface area contributed by atoms with E-state index in [1.54, 1.807) is 23.2 Å². The number of hydrogen-bond donors (Lipinski definition) is 1. The first kappa shape index (κ1) is 12.2. The quantitative estimate of drug-likeness (QED) is 0.860. The summed E-state index contributed by atoms with van der Waals surface area (Å²) >= 11 is 0. The summed E-state index contributed by atoms with van der Waals surface area (Å²) < 4.78 is 0. The average Bonchev–Trinajstić information content (AvgIpc) is 2.59. The van der Waals surface area contributed by atoms with Crippen molar-refractivity contribution in [2.24, 2.45) is 0 Å². The van der Waals surface area contributed by atoms with Gasteiger partial charge in [-0.3, -0.25) is 4.90 Å². The Kier molecular flexibility index (Phi) is 2.84. The maximum atomic E-state index is 12.3. The third-order valence-electron chi connectivity index (χ3n) is 3.28. The lowest BCUT2D eigenvalue weighted by atomic mass is 10.0. The van der Waals surface area contributed by atoms with Gasteiger partial charge in [-0.1, -0.05) is 6.07 Å². The number of nitriles is 1. The predicted molar refractivity (Wildman–Crippen MR) is 76.4 cm³/mol. The number of anilines is 2. The lowest BCUT2D eigenvalue weighted by molar-refractivity contribution is 0.257. The van der Waals surface area contributed by atoms with Gasteiger partial charge in [0.15, 0.2) is 0 Å². The molecule has 5 heteroatoms. The van der Waals surface area contributed by atoms with Crippen LogP contribution >= 0.6 is 0 Å². The molecule has 0 radical (unpaired) electrons. The van der Waals surface area contributed by atoms with Crippen LogP contribution in [0.2, 0.25) is 0 Å². The summed E-state index contributed by atoms with van der Waals surface area (Å²) in [6.45, 7) is 2.42. The first-order valence-corrected chi connectivity index (χ1v) is 6.32. The van der Waals surface area contributed by atoms with Gasteiger partial charge in [0.25, 0.3) is 0 Å². The van der Waals surface area contributed by atoms with Crippen LogP contribution in [-0.4, -0.2) is 17.6 Å². The van der Waals surface area contributed by atoms with Crippen LogP contribution in [0, 0.1) is 11.3 Å². The Morgan fingerprint density at radius 3 is 2.95 bits per heavy atom. The molecule has 20 heavy (non-hydrogen) atoms. The number of amides is 2. The standard InChI is InChI=1S/C15H12N4O/c1-2-19-14-12(4-3-7-17-14)11-6-5-10(9-16)8-13(11)18-15(19)20/h3-8H,2H2,1H3,(H,18,20). The van der Waals surface area contributed by atoms with Gasteiger partial charge in [-0.2, -0.15) is 5.26 Å². The van der Waals surface area contributed by atoms with Gasteiger partial charge in [0.1, 0.15) is 5.82 Å². The number of carbonyl (C=O) groups is 1. The van der Waals surface area contributed by atoms with Crippen molar-refractivity contribution in [3.05, 3.63) is 42.1 Å². The van der Waals surface area contributed by atoms with Crippen LogP contribution in [0.5, 0.6) is 0 Å². The molecule has 0 atom stereocenters. The second kappa shape index (κ2) is 4.67. The third-order valence-corrected chi connectivity index (χ3v) is 3.28. The molecule has 0 bridgehead atoms. The van der Waals surface area contributed by atoms with Gasteiger partial charge in [0, 0.05) is 23.9 Å². The van der Waals surface area contributed by atoms with E-state index in [4.69, 9.17) is 5.26 Å². The molecule has 2 aromatic rings. The lowest BCUT2D eigenvalue weighted by Crippen LogP contribution is -2.34. The summed E-state index contributed by atoms with van der Waals surface area (Å²) in [5, 5.41) is 11.8. The molecule has 1 aromatic carbocycles. The minimum Gasteiger partial charge on any atom is -0.307 e. The molecule has 1 aliphatic rings. The molecule has 98 valence electrons. The van der Waals surface area contributed by atoms with Crippen molar-refractivity contribution in [1.82, 2.24) is 4.98 Å². The molecule has 0 aliphatic carbocycles. The van der Waals surface area contributed by atoms with E-state index in [1.165, 1.54) is 0 Å². The van der Waals surface area contributed by atoms with Crippen LogP contribution in [0.15, 0.2) is 36.5 Å². The zero-order valence-corrected chi connectivity index (χ0v) is 10.9. The summed E-state index contributed by atoms with van der Waals surface area (Å²) in [5.41, 5.74) is 2.90. The van der Waals surface area contributed by atoms with Gasteiger partial charge in [-0.15, -0.1) is 0 Å². The second-order valence-corrected chi connectivity index (χ2v) is 4.42. The highest BCUT2D eigenvalue weighted by atomic mass is 16.2. The number of nitrogens with zero attached hydrogens (tertiary/aromatic N) is 3. The molecule has 3 rings (SSSR count). The molecule has 0 saturated carbocycles. The molecule has 0 unspecified atom stereocenters. The molecule has 0 spiro atoms. The first-order chi connectivity index (χ1) is 9.74. The summed E-state index contributed by atoms with van der Waals surface area (Å²) in [6.07, 6.45) is 1.67. The van der Waals surface area contributed by atoms with Crippen LogP contribution in [0.4, 0.5) is 16.3 Å². The number of pyridine rings is 1. The van der Waals surface area contributed by atoms with Crippen LogP contribution in [0.25, 0.3) is 11.1 Å². The Balaban J connectivity index is 2.28. The fraction of sp³-hybridized carbons (Fsp3) is 0.133. The van der Waals surface area contributed by atoms with Crippen molar-refractivity contribution in [3.63, 3.8) is 0 Å². The Labute approximate surface area is 116 Å². The minimum atomic E-state index is -0.235. The van der Waals surface area contributed by atoms with E-state index in [0.717, 1.165) is 11.1 Å². The zero-order valence-electron chi connectivity index (χ0n) is 10.9. The Morgan fingerprint density at radius 2 is 2.20 bits per heavy atom. The number of hydrogen-bond acceptors (Lipinski definition) is 3. The predicted octanol–water partition coefficient (Wildman–Crippen LogP) is 2.99. The Hall–Kier alpha value is -2.87. The van der Waals surface area contributed by atoms with E-state index in [-0.39, 0.29) is 6.03 Å². The van der Waals surface area contributed by atoms with Crippen molar-refractivity contribution in [2.75, 3.05) is 16.8 Å². The van der Waals surface area contributed by atoms with Crippen molar-refractivity contribution in [1.29, 1.82) is 5.26 Å². The molecule has 0 fully saturated rings. The monoisotopic (exact) mass is 264 g/mol. The number of rotatable bonds is 1. The van der Waals surface area contributed by atoms with E-state index in [9.17, 15) is 4.79 Å². The number of nitrogens with one attached hydrogen (secondary N) is 1. The van der Waals surface area contributed by atoms with E-state index in [1.807, 2.05) is 25.1 Å². The van der Waals surface area contributed by atoms with Crippen molar-refractivity contribution >= 4 is 17.5 Å². The van der Waals surface area contributed by atoms with Gasteiger partial charge in [0.05, 0.1) is 17.3 Å². The second-order valence-electron chi connectivity index (χ2n) is 4.42. The minimum absolute atomic E-state index is 0.235. The van der Waals surface area contributed by atoms with Crippen LogP contribution in [-0.2, 0) is 0 Å². The molecule has 5 nitrogen and oxygen atoms in total. The summed E-state index contributed by atoms with van der Waals surface area (Å²) in [4.78, 5) is 18.2. The average molecular weight is 264 g/mol. The third kappa shape index (κ3) is 1.79. The van der Waals surface area contributed by atoms with E-state index in [2.05, 4.69) is 16.4 Å². The molecule has 2 heterocycles. The number of benzene rings is 1. The smallest absolute Gasteiger partial charge is 0.307 e. The van der Waals surface area contributed by atoms with E-state index in [0.29, 0.717) is 23.6 Å². The van der Waals surface area contributed by atoms with Crippen molar-refractivity contribution in [3.8, 4) is 17.2 Å². The highest BCUT2D eigenvalue weighted by Crippen LogP contribution is 2.37. The van der Waals surface area contributed by atoms with E-state index >= 15 is 0 Å². The normalized spacial score (nSPS) is 12.8. The van der Waals surface area contributed by atoms with Gasteiger partial charge in [-0.05, 0) is 31.2 Å². The zero-order chi connectivity index (χ0) is 14.1. The van der Waals surface area contributed by atoms with Crippen molar-refractivity contribution < 1.29 is 4.79 Å². The van der Waals surface area contributed by atoms with Gasteiger partial charge in [-0.25, -0.2) is 9.78 Å². The molecule has 2 amide bonds. The number of carbonyl (C=O) groups excluding carboxylic acids is 1. The van der Waals surface area contributed by atoms with Gasteiger partial charge < -0.3 is 5.32 Å². The fourth-order valence-electron chi connectivity index (χ4n) is 2.35. The maximum Gasteiger partial charge on any atom is 0.327 e. The van der Waals surface area contributed by atoms with Crippen LogP contribution in [0.3, 0.4) is 0 Å². The molecule has 1 aliphatic heterocycles. The Bertz CT molecular complexity index is 733. The van der Waals surface area contributed by atoms with Crippen molar-refractivity contribution in [2.45, 2.75) is 6.92 Å². The first-order valence-electron chi connectivity index (χ1n) is 6.32. The largest absolute Gasteiger partial charge is 0.327 e. The lowest BCUT2D eigenvalue weighted by Gasteiger charge is -2.18. The molecular formula is C15H12N4O. The fourth-order valence-corrected chi connectivity index (χ4v) is 2.35. The highest BCUT2D eigenvalue weighted by molar-refractivity contribution is 6.09. The highest BCUT2D eigenvalue weighted by Gasteiger charge is 2.25. The number of aromatic nitrogens is 1. The SMILES string of the molecule is CCN1C(=O)Nc2cc(C#N)ccc2-c2cccnc21. The Morgan fingerprint density at radius 1 is 1.35 bits per heavy atom. The topological polar surface area (TPSA) is 69.0 Å². The van der Waals surface area contributed by atoms with E-state index < -0.39 is 0 Å². The molecule has 0 saturated heterocycles. The summed E-state index contributed by atoms with van der Waals surface area (Å²) in [7, 11) is 0. The number of urea groups is 1. The van der Waals surface area contributed by atoms with Crippen LogP contribution < -0.4 is 10.2 Å². The molecular weight excluding hydrogens is 252 g/mol. The summed E-state index contributed by atoms with van der Waals surface area (Å²) in [6, 6.07) is 10.9. The molecule has 1 aromatic heterocycles. The van der Waals surface area contributed by atoms with Gasteiger partial charge in [0.2, 0.25) is 0 Å². The maximum absolute atomic E-state index is 12.3. The van der Waals surface area contributed by atoms with Crippen LogP contribution in [0.1, 0.15) is 12.5 Å².